The Hall–Kier alpha value is -2.13. The largest absolute Gasteiger partial charge is 0.357 e. The van der Waals surface area contributed by atoms with Crippen LogP contribution >= 0.6 is 24.0 Å². The third-order valence-electron chi connectivity index (χ3n) is 6.09. The van der Waals surface area contributed by atoms with Crippen molar-refractivity contribution >= 4 is 35.8 Å². The number of carbonyl (C=O) groups excluding carboxylic acids is 1. The van der Waals surface area contributed by atoms with Crippen molar-refractivity contribution in [2.24, 2.45) is 4.99 Å². The van der Waals surface area contributed by atoms with Crippen molar-refractivity contribution in [3.05, 3.63) is 70.8 Å². The van der Waals surface area contributed by atoms with E-state index in [2.05, 4.69) is 58.1 Å². The first kappa shape index (κ1) is 28.1. The van der Waals surface area contributed by atoms with E-state index in [1.807, 2.05) is 18.2 Å². The quantitative estimate of drug-likeness (QED) is 0.236. The summed E-state index contributed by atoms with van der Waals surface area (Å²) in [4.78, 5) is 19.3. The maximum Gasteiger partial charge on any atom is 0.251 e. The molecule has 0 saturated carbocycles. The molecular weight excluding hydrogens is 537 g/mol. The lowest BCUT2D eigenvalue weighted by molar-refractivity contribution is 0.0963. The summed E-state index contributed by atoms with van der Waals surface area (Å²) in [5, 5.41) is 9.47. The lowest BCUT2D eigenvalue weighted by atomic mass is 10.1. The fourth-order valence-corrected chi connectivity index (χ4v) is 4.24. The van der Waals surface area contributed by atoms with Crippen LogP contribution in [0.15, 0.2) is 53.5 Å². The molecule has 0 radical (unpaired) electrons. The second-order valence-electron chi connectivity index (χ2n) is 8.61. The molecule has 0 spiro atoms. The standard InChI is InChI=1S/C27H39N5O.HI/c1-3-29-27(30-16-15-22-11-10-14-23(19-22)26(33)28-2)31-20-24-12-6-7-13-25(24)21-32-17-8-4-5-9-18-32;/h6-7,10-14,19H,3-5,8-9,15-18,20-21H2,1-2H3,(H,28,33)(H2,29,30,31);1H. The minimum atomic E-state index is -0.0569. The molecule has 3 rings (SSSR count). The highest BCUT2D eigenvalue weighted by Gasteiger charge is 2.11. The van der Waals surface area contributed by atoms with E-state index in [4.69, 9.17) is 4.99 Å². The third-order valence-corrected chi connectivity index (χ3v) is 6.09. The lowest BCUT2D eigenvalue weighted by Gasteiger charge is -2.21. The molecule has 1 fully saturated rings. The predicted molar refractivity (Wildman–Crippen MR) is 152 cm³/mol. The van der Waals surface area contributed by atoms with Gasteiger partial charge in [-0.25, -0.2) is 4.99 Å². The highest BCUT2D eigenvalue weighted by Crippen LogP contribution is 2.17. The molecule has 1 amide bonds. The van der Waals surface area contributed by atoms with Crippen molar-refractivity contribution in [1.29, 1.82) is 0 Å². The molecule has 0 atom stereocenters. The lowest BCUT2D eigenvalue weighted by Crippen LogP contribution is -2.38. The summed E-state index contributed by atoms with van der Waals surface area (Å²) < 4.78 is 0. The first-order valence-corrected chi connectivity index (χ1v) is 12.3. The maximum absolute atomic E-state index is 11.9. The second kappa shape index (κ2) is 15.7. The van der Waals surface area contributed by atoms with Crippen molar-refractivity contribution < 1.29 is 4.79 Å². The number of halogens is 1. The van der Waals surface area contributed by atoms with E-state index in [0.717, 1.165) is 37.6 Å². The topological polar surface area (TPSA) is 68.8 Å². The normalized spacial score (nSPS) is 14.6. The van der Waals surface area contributed by atoms with E-state index in [1.165, 1.54) is 49.9 Å². The number of rotatable bonds is 9. The Morgan fingerprint density at radius 1 is 0.971 bits per heavy atom. The van der Waals surface area contributed by atoms with Gasteiger partial charge in [-0.15, -0.1) is 24.0 Å². The summed E-state index contributed by atoms with van der Waals surface area (Å²) >= 11 is 0. The van der Waals surface area contributed by atoms with Gasteiger partial charge in [0.05, 0.1) is 6.54 Å². The van der Waals surface area contributed by atoms with E-state index < -0.39 is 0 Å². The van der Waals surface area contributed by atoms with Gasteiger partial charge in [0, 0.05) is 32.2 Å². The number of nitrogens with zero attached hydrogens (tertiary/aromatic N) is 2. The summed E-state index contributed by atoms with van der Waals surface area (Å²) in [5.41, 5.74) is 4.49. The summed E-state index contributed by atoms with van der Waals surface area (Å²) in [5.74, 6) is 0.767. The van der Waals surface area contributed by atoms with Crippen LogP contribution in [-0.4, -0.2) is 50.0 Å². The van der Waals surface area contributed by atoms with Crippen molar-refractivity contribution in [1.82, 2.24) is 20.9 Å². The van der Waals surface area contributed by atoms with Crippen LogP contribution in [0.25, 0.3) is 0 Å². The summed E-state index contributed by atoms with van der Waals surface area (Å²) in [6.07, 6.45) is 6.15. The molecule has 1 aliphatic rings. The van der Waals surface area contributed by atoms with Gasteiger partial charge in [-0.05, 0) is 68.1 Å². The number of nitrogens with one attached hydrogen (secondary N) is 3. The molecule has 0 aromatic heterocycles. The predicted octanol–water partition coefficient (Wildman–Crippen LogP) is 4.34. The summed E-state index contributed by atoms with van der Waals surface area (Å²) in [7, 11) is 1.65. The fraction of sp³-hybridized carbons (Fsp3) is 0.481. The Kier molecular flexibility index (Phi) is 13.0. The molecular formula is C27H40IN5O. The SMILES string of the molecule is CCNC(=NCc1ccccc1CN1CCCCCC1)NCCc1cccc(C(=O)NC)c1.I. The van der Waals surface area contributed by atoms with Gasteiger partial charge >= 0.3 is 0 Å². The van der Waals surface area contributed by atoms with E-state index in [9.17, 15) is 4.79 Å². The molecule has 3 N–H and O–H groups in total. The average Bonchev–Trinajstić information content (AvgIpc) is 3.11. The zero-order valence-corrected chi connectivity index (χ0v) is 22.9. The number of carbonyl (C=O) groups is 1. The van der Waals surface area contributed by atoms with Crippen molar-refractivity contribution in [3.63, 3.8) is 0 Å². The molecule has 2 aromatic carbocycles. The Morgan fingerprint density at radius 2 is 1.71 bits per heavy atom. The smallest absolute Gasteiger partial charge is 0.251 e. The zero-order valence-electron chi connectivity index (χ0n) is 20.6. The molecule has 1 saturated heterocycles. The van der Waals surface area contributed by atoms with Gasteiger partial charge in [-0.2, -0.15) is 0 Å². The van der Waals surface area contributed by atoms with Crippen LogP contribution in [0.3, 0.4) is 0 Å². The summed E-state index contributed by atoms with van der Waals surface area (Å²) in [6.45, 7) is 7.71. The van der Waals surface area contributed by atoms with Crippen LogP contribution in [0.4, 0.5) is 0 Å². The van der Waals surface area contributed by atoms with Gasteiger partial charge in [0.15, 0.2) is 5.96 Å². The Morgan fingerprint density at radius 3 is 2.41 bits per heavy atom. The van der Waals surface area contributed by atoms with Crippen molar-refractivity contribution in [2.75, 3.05) is 33.2 Å². The number of amides is 1. The number of hydrogen-bond acceptors (Lipinski definition) is 3. The van der Waals surface area contributed by atoms with Gasteiger partial charge in [0.1, 0.15) is 0 Å². The van der Waals surface area contributed by atoms with Gasteiger partial charge in [0.2, 0.25) is 0 Å². The molecule has 34 heavy (non-hydrogen) atoms. The number of hydrogen-bond donors (Lipinski definition) is 3. The van der Waals surface area contributed by atoms with Crippen molar-refractivity contribution in [2.45, 2.75) is 52.1 Å². The molecule has 7 heteroatoms. The first-order valence-electron chi connectivity index (χ1n) is 12.3. The van der Waals surface area contributed by atoms with Crippen LogP contribution < -0.4 is 16.0 Å². The highest BCUT2D eigenvalue weighted by molar-refractivity contribution is 14.0. The molecule has 0 aliphatic carbocycles. The number of benzene rings is 2. The van der Waals surface area contributed by atoms with E-state index in [0.29, 0.717) is 12.1 Å². The number of likely N-dealkylation sites (tertiary alicyclic amines) is 1. The third kappa shape index (κ3) is 9.25. The van der Waals surface area contributed by atoms with Crippen LogP contribution in [0.5, 0.6) is 0 Å². The van der Waals surface area contributed by atoms with Crippen LogP contribution in [0.2, 0.25) is 0 Å². The Labute approximate surface area is 222 Å². The molecule has 0 bridgehead atoms. The number of aliphatic imine (C=N–C) groups is 1. The minimum Gasteiger partial charge on any atom is -0.357 e. The van der Waals surface area contributed by atoms with Crippen LogP contribution in [0, 0.1) is 0 Å². The molecule has 1 heterocycles. The van der Waals surface area contributed by atoms with E-state index in [-0.39, 0.29) is 29.9 Å². The van der Waals surface area contributed by atoms with Gasteiger partial charge in [0.25, 0.3) is 5.91 Å². The van der Waals surface area contributed by atoms with Crippen molar-refractivity contribution in [3.8, 4) is 0 Å². The van der Waals surface area contributed by atoms with Crippen LogP contribution in [0.1, 0.15) is 59.7 Å². The second-order valence-corrected chi connectivity index (χ2v) is 8.61. The van der Waals surface area contributed by atoms with Gasteiger partial charge < -0.3 is 16.0 Å². The molecule has 1 aliphatic heterocycles. The monoisotopic (exact) mass is 577 g/mol. The molecule has 186 valence electrons. The Balaban J connectivity index is 0.00000408. The minimum absolute atomic E-state index is 0. The maximum atomic E-state index is 11.9. The molecule has 6 nitrogen and oxygen atoms in total. The average molecular weight is 578 g/mol. The van der Waals surface area contributed by atoms with E-state index in [1.54, 1.807) is 7.05 Å². The van der Waals surface area contributed by atoms with Gasteiger partial charge in [-0.3, -0.25) is 9.69 Å². The van der Waals surface area contributed by atoms with E-state index >= 15 is 0 Å². The molecule has 2 aromatic rings. The Bertz CT molecular complexity index is 909. The zero-order chi connectivity index (χ0) is 23.3. The first-order chi connectivity index (χ1) is 16.2. The van der Waals surface area contributed by atoms with Crippen LogP contribution in [-0.2, 0) is 19.5 Å². The summed E-state index contributed by atoms with van der Waals surface area (Å²) in [6, 6.07) is 16.5. The fourth-order valence-electron chi connectivity index (χ4n) is 4.24. The van der Waals surface area contributed by atoms with Gasteiger partial charge in [-0.1, -0.05) is 49.2 Å². The highest BCUT2D eigenvalue weighted by atomic mass is 127. The number of guanidine groups is 1. The molecule has 0 unspecified atom stereocenters.